The van der Waals surface area contributed by atoms with Crippen LogP contribution in [0.1, 0.15) is 19.4 Å². The third-order valence-corrected chi connectivity index (χ3v) is 4.65. The van der Waals surface area contributed by atoms with E-state index >= 15 is 0 Å². The highest BCUT2D eigenvalue weighted by Gasteiger charge is 2.41. The average Bonchev–Trinajstić information content (AvgIpc) is 2.41. The van der Waals surface area contributed by atoms with Gasteiger partial charge in [-0.05, 0) is 11.6 Å². The van der Waals surface area contributed by atoms with Crippen molar-refractivity contribution < 1.29 is 18.7 Å². The summed E-state index contributed by atoms with van der Waals surface area (Å²) in [5.74, 6) is -1.23. The molecule has 1 aromatic carbocycles. The quantitative estimate of drug-likeness (QED) is 0.864. The molecular weight excluding hydrogens is 263 g/mol. The zero-order valence-electron chi connectivity index (χ0n) is 11.2. The zero-order chi connectivity index (χ0) is 13.9. The minimum absolute atomic E-state index is 0.170. The van der Waals surface area contributed by atoms with Crippen molar-refractivity contribution in [3.8, 4) is 0 Å². The number of aliphatic hydroxyl groups is 1. The van der Waals surface area contributed by atoms with Gasteiger partial charge in [-0.3, -0.25) is 4.57 Å². The zero-order valence-corrected chi connectivity index (χ0v) is 12.0. The van der Waals surface area contributed by atoms with E-state index in [0.717, 1.165) is 5.56 Å². The van der Waals surface area contributed by atoms with Crippen LogP contribution in [0.5, 0.6) is 0 Å². The molecule has 1 N–H and O–H groups in total. The van der Waals surface area contributed by atoms with E-state index in [1.165, 1.54) is 6.08 Å². The normalized spacial score (nSPS) is 23.3. The van der Waals surface area contributed by atoms with Crippen LogP contribution in [-0.2, 0) is 13.6 Å². The van der Waals surface area contributed by atoms with E-state index in [9.17, 15) is 9.67 Å². The summed E-state index contributed by atoms with van der Waals surface area (Å²) in [7, 11) is -3.45. The summed E-state index contributed by atoms with van der Waals surface area (Å²) in [6.07, 6.45) is 3.16. The lowest BCUT2D eigenvalue weighted by molar-refractivity contribution is 0.0281. The van der Waals surface area contributed by atoms with Crippen molar-refractivity contribution in [2.24, 2.45) is 5.41 Å². The van der Waals surface area contributed by atoms with Crippen LogP contribution < -0.4 is 0 Å². The van der Waals surface area contributed by atoms with Crippen LogP contribution in [0.25, 0.3) is 6.08 Å². The van der Waals surface area contributed by atoms with Gasteiger partial charge in [-0.25, -0.2) is 0 Å². The fraction of sp³-hybridized carbons (Fsp3) is 0.429. The van der Waals surface area contributed by atoms with Gasteiger partial charge in [0.2, 0.25) is 0 Å². The summed E-state index contributed by atoms with van der Waals surface area (Å²) in [5.41, 5.74) is 0.752. The molecule has 1 unspecified atom stereocenters. The second kappa shape index (κ2) is 5.59. The topological polar surface area (TPSA) is 55.8 Å². The minimum atomic E-state index is -3.45. The molecule has 1 aliphatic rings. The van der Waals surface area contributed by atoms with Gasteiger partial charge in [-0.15, -0.1) is 0 Å². The second-order valence-corrected chi connectivity index (χ2v) is 7.56. The SMILES string of the molecule is CC1(C)COP(=O)(C(O)/C=C/c2ccccc2)OC1. The smallest absolute Gasteiger partial charge is 0.362 e. The maximum Gasteiger partial charge on any atom is 0.362 e. The molecule has 0 radical (unpaired) electrons. The van der Waals surface area contributed by atoms with Crippen LogP contribution in [0.3, 0.4) is 0 Å². The van der Waals surface area contributed by atoms with Gasteiger partial charge >= 0.3 is 7.60 Å². The van der Waals surface area contributed by atoms with Gasteiger partial charge < -0.3 is 14.2 Å². The lowest BCUT2D eigenvalue weighted by Gasteiger charge is -2.35. The van der Waals surface area contributed by atoms with Crippen molar-refractivity contribution in [2.75, 3.05) is 13.2 Å². The van der Waals surface area contributed by atoms with Crippen molar-refractivity contribution in [3.63, 3.8) is 0 Å². The molecule has 1 atom stereocenters. The summed E-state index contributed by atoms with van der Waals surface area (Å²) < 4.78 is 22.8. The summed E-state index contributed by atoms with van der Waals surface area (Å²) in [6.45, 7) is 4.56. The molecule has 0 saturated carbocycles. The number of hydrogen-bond acceptors (Lipinski definition) is 4. The Morgan fingerprint density at radius 1 is 1.26 bits per heavy atom. The first-order chi connectivity index (χ1) is 8.91. The summed E-state index contributed by atoms with van der Waals surface area (Å²) in [5, 5.41) is 9.96. The minimum Gasteiger partial charge on any atom is -0.377 e. The highest BCUT2D eigenvalue weighted by Crippen LogP contribution is 2.57. The first kappa shape index (κ1) is 14.5. The Hall–Kier alpha value is -0.930. The van der Waals surface area contributed by atoms with Crippen molar-refractivity contribution in [1.29, 1.82) is 0 Å². The van der Waals surface area contributed by atoms with Crippen LogP contribution in [0.2, 0.25) is 0 Å². The summed E-state index contributed by atoms with van der Waals surface area (Å²) >= 11 is 0. The maximum atomic E-state index is 12.3. The number of hydrogen-bond donors (Lipinski definition) is 1. The Balaban J connectivity index is 2.02. The summed E-state index contributed by atoms with van der Waals surface area (Å²) in [6, 6.07) is 9.48. The predicted octanol–water partition coefficient (Wildman–Crippen LogP) is 3.28. The first-order valence-corrected chi connectivity index (χ1v) is 7.83. The molecule has 0 bridgehead atoms. The fourth-order valence-corrected chi connectivity index (χ4v) is 3.36. The Morgan fingerprint density at radius 3 is 2.42 bits per heavy atom. The van der Waals surface area contributed by atoms with Crippen molar-refractivity contribution in [1.82, 2.24) is 0 Å². The molecule has 0 spiro atoms. The highest BCUT2D eigenvalue weighted by molar-refractivity contribution is 7.54. The molecule has 0 aliphatic carbocycles. The van der Waals surface area contributed by atoms with E-state index in [1.54, 1.807) is 6.08 Å². The van der Waals surface area contributed by atoms with Gasteiger partial charge in [0, 0.05) is 5.41 Å². The largest absolute Gasteiger partial charge is 0.377 e. The summed E-state index contributed by atoms with van der Waals surface area (Å²) in [4.78, 5) is 0. The molecule has 0 amide bonds. The van der Waals surface area contributed by atoms with Crippen LogP contribution in [-0.4, -0.2) is 24.2 Å². The first-order valence-electron chi connectivity index (χ1n) is 6.21. The van der Waals surface area contributed by atoms with E-state index < -0.39 is 13.4 Å². The lowest BCUT2D eigenvalue weighted by atomic mass is 9.97. The van der Waals surface area contributed by atoms with Crippen LogP contribution in [0, 0.1) is 5.41 Å². The van der Waals surface area contributed by atoms with Crippen LogP contribution in [0.15, 0.2) is 36.4 Å². The molecule has 4 nitrogen and oxygen atoms in total. The lowest BCUT2D eigenvalue weighted by Crippen LogP contribution is -2.31. The van der Waals surface area contributed by atoms with E-state index in [2.05, 4.69) is 0 Å². The Labute approximate surface area is 113 Å². The molecule has 1 fully saturated rings. The number of benzene rings is 1. The monoisotopic (exact) mass is 282 g/mol. The second-order valence-electron chi connectivity index (χ2n) is 5.43. The molecule has 5 heteroatoms. The average molecular weight is 282 g/mol. The number of rotatable bonds is 3. The van der Waals surface area contributed by atoms with Gasteiger partial charge in [0.25, 0.3) is 0 Å². The molecule has 19 heavy (non-hydrogen) atoms. The standard InChI is InChI=1S/C14H19O4P/c1-14(2)10-17-19(16,18-11-14)13(15)9-8-12-6-4-3-5-7-12/h3-9,13,15H,10-11H2,1-2H3/b9-8+. The van der Waals surface area contributed by atoms with Gasteiger partial charge in [0.1, 0.15) is 0 Å². The van der Waals surface area contributed by atoms with Gasteiger partial charge in [-0.2, -0.15) is 0 Å². The van der Waals surface area contributed by atoms with Crippen LogP contribution >= 0.6 is 7.60 Å². The van der Waals surface area contributed by atoms with Gasteiger partial charge in [-0.1, -0.05) is 50.3 Å². The van der Waals surface area contributed by atoms with Gasteiger partial charge in [0.05, 0.1) is 13.2 Å². The molecule has 104 valence electrons. The predicted molar refractivity (Wildman–Crippen MR) is 74.8 cm³/mol. The van der Waals surface area contributed by atoms with Crippen molar-refractivity contribution in [3.05, 3.63) is 42.0 Å². The maximum absolute atomic E-state index is 12.3. The third-order valence-electron chi connectivity index (χ3n) is 2.85. The van der Waals surface area contributed by atoms with E-state index in [0.29, 0.717) is 13.2 Å². The third kappa shape index (κ3) is 3.77. The number of aliphatic hydroxyl groups excluding tert-OH is 1. The van der Waals surface area contributed by atoms with E-state index in [4.69, 9.17) is 9.05 Å². The van der Waals surface area contributed by atoms with Gasteiger partial charge in [0.15, 0.2) is 5.85 Å². The Bertz CT molecular complexity index is 481. The molecule has 2 rings (SSSR count). The highest BCUT2D eigenvalue weighted by atomic mass is 31.2. The molecule has 1 aliphatic heterocycles. The Morgan fingerprint density at radius 2 is 1.84 bits per heavy atom. The molecule has 0 aromatic heterocycles. The van der Waals surface area contributed by atoms with E-state index in [1.807, 2.05) is 44.2 Å². The molecular formula is C14H19O4P. The van der Waals surface area contributed by atoms with E-state index in [-0.39, 0.29) is 5.41 Å². The van der Waals surface area contributed by atoms with Crippen molar-refractivity contribution >= 4 is 13.7 Å². The van der Waals surface area contributed by atoms with Crippen LogP contribution in [0.4, 0.5) is 0 Å². The molecule has 1 heterocycles. The van der Waals surface area contributed by atoms with Crippen molar-refractivity contribution in [2.45, 2.75) is 19.7 Å². The molecule has 1 saturated heterocycles. The Kier molecular flexibility index (Phi) is 4.26. The fourth-order valence-electron chi connectivity index (χ4n) is 1.63. The molecule has 1 aromatic rings.